The molecule has 21 heavy (non-hydrogen) atoms. The van der Waals surface area contributed by atoms with Crippen molar-refractivity contribution in [2.75, 3.05) is 13.6 Å². The van der Waals surface area contributed by atoms with Gasteiger partial charge in [-0.3, -0.25) is 4.99 Å². The number of nitrogens with zero attached hydrogens (tertiary/aromatic N) is 1. The Kier molecular flexibility index (Phi) is 8.74. The van der Waals surface area contributed by atoms with E-state index >= 15 is 0 Å². The van der Waals surface area contributed by atoms with Crippen LogP contribution < -0.4 is 10.6 Å². The summed E-state index contributed by atoms with van der Waals surface area (Å²) in [4.78, 5) is 4.09. The van der Waals surface area contributed by atoms with Crippen molar-refractivity contribution in [3.8, 4) is 0 Å². The molecule has 0 fully saturated rings. The second-order valence-electron chi connectivity index (χ2n) is 6.72. The molecule has 3 nitrogen and oxygen atoms in total. The van der Waals surface area contributed by atoms with Crippen LogP contribution >= 0.6 is 0 Å². The molecule has 0 saturated carbocycles. The molecule has 0 bridgehead atoms. The van der Waals surface area contributed by atoms with Crippen molar-refractivity contribution in [3.05, 3.63) is 0 Å². The number of aliphatic imine (C=N–C) groups is 1. The van der Waals surface area contributed by atoms with Gasteiger partial charge in [0.05, 0.1) is 0 Å². The lowest BCUT2D eigenvalue weighted by Crippen LogP contribution is -2.42. The van der Waals surface area contributed by atoms with Gasteiger partial charge in [0.15, 0.2) is 5.96 Å². The predicted molar refractivity (Wildman–Crippen MR) is 82.6 cm³/mol. The molecule has 0 radical (unpaired) electrons. The molecule has 0 aromatic heterocycles. The van der Waals surface area contributed by atoms with Crippen LogP contribution in [0.4, 0.5) is 13.2 Å². The molecular weight excluding hydrogens is 279 g/mol. The van der Waals surface area contributed by atoms with Crippen LogP contribution in [0.5, 0.6) is 0 Å². The van der Waals surface area contributed by atoms with Crippen molar-refractivity contribution >= 4 is 5.96 Å². The predicted octanol–water partition coefficient (Wildman–Crippen LogP) is 4.10. The summed E-state index contributed by atoms with van der Waals surface area (Å²) in [6.07, 6.45) is -2.02. The molecule has 0 spiro atoms. The molecule has 0 aliphatic carbocycles. The zero-order chi connectivity index (χ0) is 16.5. The van der Waals surface area contributed by atoms with Crippen molar-refractivity contribution in [1.29, 1.82) is 0 Å². The van der Waals surface area contributed by atoms with Crippen molar-refractivity contribution in [3.63, 3.8) is 0 Å². The fourth-order valence-corrected chi connectivity index (χ4v) is 1.81. The molecule has 0 aliphatic heterocycles. The van der Waals surface area contributed by atoms with Gasteiger partial charge in [0.25, 0.3) is 0 Å². The molecule has 0 aliphatic rings. The van der Waals surface area contributed by atoms with Crippen LogP contribution in [0.15, 0.2) is 4.99 Å². The summed E-state index contributed by atoms with van der Waals surface area (Å²) < 4.78 is 36.0. The van der Waals surface area contributed by atoms with E-state index in [1.165, 1.54) is 0 Å². The number of nitrogens with one attached hydrogen (secondary N) is 2. The first-order chi connectivity index (χ1) is 9.53. The summed E-state index contributed by atoms with van der Waals surface area (Å²) in [5, 5.41) is 6.32. The van der Waals surface area contributed by atoms with Crippen LogP contribution in [0.25, 0.3) is 0 Å². The monoisotopic (exact) mass is 309 g/mol. The van der Waals surface area contributed by atoms with E-state index in [2.05, 4.69) is 43.3 Å². The zero-order valence-corrected chi connectivity index (χ0v) is 13.9. The van der Waals surface area contributed by atoms with E-state index in [-0.39, 0.29) is 12.5 Å². The lowest BCUT2D eigenvalue weighted by atomic mass is 9.89. The van der Waals surface area contributed by atoms with Gasteiger partial charge in [0.1, 0.15) is 0 Å². The Bertz CT molecular complexity index is 306. The molecule has 126 valence electrons. The lowest BCUT2D eigenvalue weighted by molar-refractivity contribution is -0.135. The number of alkyl halides is 3. The minimum absolute atomic E-state index is 0.146. The molecule has 1 atom stereocenters. The normalized spacial score (nSPS) is 15.0. The van der Waals surface area contributed by atoms with Gasteiger partial charge in [0.2, 0.25) is 0 Å². The van der Waals surface area contributed by atoms with Crippen LogP contribution in [0, 0.1) is 5.41 Å². The average Bonchev–Trinajstić information content (AvgIpc) is 2.32. The lowest BCUT2D eigenvalue weighted by Gasteiger charge is -2.23. The molecule has 0 saturated heterocycles. The Morgan fingerprint density at radius 3 is 2.19 bits per heavy atom. The SMILES string of the molecule is CN=C(NCCCCC(F)(F)F)NC(C)CCC(C)(C)C. The van der Waals surface area contributed by atoms with Gasteiger partial charge < -0.3 is 10.6 Å². The zero-order valence-electron chi connectivity index (χ0n) is 13.9. The highest BCUT2D eigenvalue weighted by molar-refractivity contribution is 5.79. The van der Waals surface area contributed by atoms with E-state index in [9.17, 15) is 13.2 Å². The minimum Gasteiger partial charge on any atom is -0.356 e. The fraction of sp³-hybridized carbons (Fsp3) is 0.933. The summed E-state index contributed by atoms with van der Waals surface area (Å²) in [5.74, 6) is 0.656. The highest BCUT2D eigenvalue weighted by Crippen LogP contribution is 2.22. The van der Waals surface area contributed by atoms with Crippen LogP contribution in [-0.2, 0) is 0 Å². The first-order valence-corrected chi connectivity index (χ1v) is 7.57. The third-order valence-corrected chi connectivity index (χ3v) is 3.11. The smallest absolute Gasteiger partial charge is 0.356 e. The molecular formula is C15H30F3N3. The third kappa shape index (κ3) is 13.8. The van der Waals surface area contributed by atoms with E-state index in [1.54, 1.807) is 7.05 Å². The van der Waals surface area contributed by atoms with Crippen LogP contribution in [0.1, 0.15) is 59.8 Å². The van der Waals surface area contributed by atoms with Crippen molar-refractivity contribution < 1.29 is 13.2 Å². The Morgan fingerprint density at radius 1 is 1.10 bits per heavy atom. The highest BCUT2D eigenvalue weighted by atomic mass is 19.4. The molecule has 0 amide bonds. The maximum Gasteiger partial charge on any atom is 0.389 e. The molecule has 0 aromatic carbocycles. The van der Waals surface area contributed by atoms with E-state index in [4.69, 9.17) is 0 Å². The Labute approximate surface area is 126 Å². The number of guanidine groups is 1. The van der Waals surface area contributed by atoms with Gasteiger partial charge in [-0.05, 0) is 38.0 Å². The van der Waals surface area contributed by atoms with Gasteiger partial charge in [-0.25, -0.2) is 0 Å². The van der Waals surface area contributed by atoms with Gasteiger partial charge in [0, 0.05) is 26.1 Å². The van der Waals surface area contributed by atoms with E-state index < -0.39 is 12.6 Å². The maximum absolute atomic E-state index is 12.0. The molecule has 1 unspecified atom stereocenters. The van der Waals surface area contributed by atoms with Crippen LogP contribution in [0.2, 0.25) is 0 Å². The van der Waals surface area contributed by atoms with Gasteiger partial charge in [-0.15, -0.1) is 0 Å². The number of hydrogen-bond donors (Lipinski definition) is 2. The van der Waals surface area contributed by atoms with E-state index in [1.807, 2.05) is 0 Å². The Balaban J connectivity index is 3.86. The molecule has 0 aromatic rings. The van der Waals surface area contributed by atoms with Gasteiger partial charge >= 0.3 is 6.18 Å². The summed E-state index contributed by atoms with van der Waals surface area (Å²) in [6, 6.07) is 0.283. The van der Waals surface area contributed by atoms with E-state index in [0.29, 0.717) is 24.3 Å². The standard InChI is InChI=1S/C15H30F3N3/c1-12(8-10-14(2,3)4)21-13(19-5)20-11-7-6-9-15(16,17)18/h12H,6-11H2,1-5H3,(H2,19,20,21). The summed E-state index contributed by atoms with van der Waals surface area (Å²) in [5.41, 5.74) is 0.296. The largest absolute Gasteiger partial charge is 0.389 e. The van der Waals surface area contributed by atoms with Crippen molar-refractivity contribution in [2.45, 2.75) is 72.0 Å². The first-order valence-electron chi connectivity index (χ1n) is 7.57. The number of unbranched alkanes of at least 4 members (excludes halogenated alkanes) is 1. The molecule has 0 rings (SSSR count). The van der Waals surface area contributed by atoms with Crippen molar-refractivity contribution in [1.82, 2.24) is 10.6 Å². The second-order valence-corrected chi connectivity index (χ2v) is 6.72. The highest BCUT2D eigenvalue weighted by Gasteiger charge is 2.25. The number of rotatable bonds is 7. The minimum atomic E-state index is -4.05. The van der Waals surface area contributed by atoms with Gasteiger partial charge in [-0.1, -0.05) is 20.8 Å². The van der Waals surface area contributed by atoms with Crippen molar-refractivity contribution in [2.24, 2.45) is 10.4 Å². The summed E-state index contributed by atoms with van der Waals surface area (Å²) in [6.45, 7) is 9.19. The Morgan fingerprint density at radius 2 is 1.71 bits per heavy atom. The number of halogens is 3. The second kappa shape index (κ2) is 9.15. The van der Waals surface area contributed by atoms with Crippen LogP contribution in [-0.4, -0.2) is 31.8 Å². The third-order valence-electron chi connectivity index (χ3n) is 3.11. The summed E-state index contributed by atoms with van der Waals surface area (Å²) >= 11 is 0. The van der Waals surface area contributed by atoms with E-state index in [0.717, 1.165) is 12.8 Å². The first kappa shape index (κ1) is 20.1. The fourth-order valence-electron chi connectivity index (χ4n) is 1.81. The average molecular weight is 309 g/mol. The van der Waals surface area contributed by atoms with Gasteiger partial charge in [-0.2, -0.15) is 13.2 Å². The topological polar surface area (TPSA) is 36.4 Å². The Hall–Kier alpha value is -0.940. The maximum atomic E-state index is 12.0. The molecule has 2 N–H and O–H groups in total. The molecule has 6 heteroatoms. The van der Waals surface area contributed by atoms with Crippen LogP contribution in [0.3, 0.4) is 0 Å². The summed E-state index contributed by atoms with van der Waals surface area (Å²) in [7, 11) is 1.67. The number of hydrogen-bond acceptors (Lipinski definition) is 1. The quantitative estimate of drug-likeness (QED) is 0.422. The molecule has 0 heterocycles.